The number of ether oxygens (including phenoxy) is 3. The van der Waals surface area contributed by atoms with Gasteiger partial charge in [0.1, 0.15) is 0 Å². The van der Waals surface area contributed by atoms with Crippen molar-refractivity contribution in [3.05, 3.63) is 17.7 Å². The normalized spacial score (nSPS) is 10.5. The van der Waals surface area contributed by atoms with Crippen LogP contribution in [0.15, 0.2) is 16.7 Å². The van der Waals surface area contributed by atoms with Crippen molar-refractivity contribution in [2.45, 2.75) is 19.8 Å². The number of methoxy groups -OCH3 is 3. The Kier molecular flexibility index (Phi) is 4.57. The van der Waals surface area contributed by atoms with Crippen LogP contribution in [0.4, 0.5) is 5.82 Å². The van der Waals surface area contributed by atoms with E-state index in [4.69, 9.17) is 24.5 Å². The first kappa shape index (κ1) is 15.0. The SMILES string of the molecule is CCCc1c(N)noc1-c1cc(OC)c(OC)c(OC)c1. The third kappa shape index (κ3) is 2.74. The number of rotatable bonds is 6. The molecule has 0 aliphatic heterocycles. The van der Waals surface area contributed by atoms with E-state index in [1.165, 1.54) is 0 Å². The molecule has 0 fully saturated rings. The fourth-order valence-electron chi connectivity index (χ4n) is 2.25. The van der Waals surface area contributed by atoms with Gasteiger partial charge < -0.3 is 24.5 Å². The number of hydrogen-bond acceptors (Lipinski definition) is 6. The molecule has 0 saturated carbocycles. The Labute approximate surface area is 123 Å². The zero-order valence-corrected chi connectivity index (χ0v) is 12.7. The number of nitrogens with zero attached hydrogens (tertiary/aromatic N) is 1. The molecule has 1 aromatic heterocycles. The molecule has 0 atom stereocenters. The highest BCUT2D eigenvalue weighted by Crippen LogP contribution is 2.42. The van der Waals surface area contributed by atoms with Crippen molar-refractivity contribution < 1.29 is 18.7 Å². The zero-order chi connectivity index (χ0) is 15.4. The molecule has 114 valence electrons. The van der Waals surface area contributed by atoms with Crippen molar-refractivity contribution in [3.63, 3.8) is 0 Å². The molecule has 6 nitrogen and oxygen atoms in total. The fourth-order valence-corrected chi connectivity index (χ4v) is 2.25. The highest BCUT2D eigenvalue weighted by atomic mass is 16.5. The first-order valence-corrected chi connectivity index (χ1v) is 6.70. The van der Waals surface area contributed by atoms with Gasteiger partial charge in [-0.15, -0.1) is 0 Å². The number of aromatic nitrogens is 1. The summed E-state index contributed by atoms with van der Waals surface area (Å²) in [6, 6.07) is 3.64. The molecule has 2 rings (SSSR count). The lowest BCUT2D eigenvalue weighted by molar-refractivity contribution is 0.324. The van der Waals surface area contributed by atoms with E-state index in [-0.39, 0.29) is 0 Å². The maximum Gasteiger partial charge on any atom is 0.203 e. The highest BCUT2D eigenvalue weighted by Gasteiger charge is 2.20. The molecule has 6 heteroatoms. The summed E-state index contributed by atoms with van der Waals surface area (Å²) < 4.78 is 21.4. The Hall–Kier alpha value is -2.37. The van der Waals surface area contributed by atoms with E-state index in [1.54, 1.807) is 21.3 Å². The molecule has 1 heterocycles. The van der Waals surface area contributed by atoms with Crippen LogP contribution in [0.5, 0.6) is 17.2 Å². The van der Waals surface area contributed by atoms with Gasteiger partial charge in [-0.3, -0.25) is 0 Å². The number of nitrogen functional groups attached to an aromatic ring is 1. The van der Waals surface area contributed by atoms with Gasteiger partial charge in [0.05, 0.1) is 21.3 Å². The molecule has 0 unspecified atom stereocenters. The fraction of sp³-hybridized carbons (Fsp3) is 0.400. The van der Waals surface area contributed by atoms with E-state index in [0.29, 0.717) is 28.8 Å². The van der Waals surface area contributed by atoms with Gasteiger partial charge in [0, 0.05) is 11.1 Å². The average molecular weight is 292 g/mol. The van der Waals surface area contributed by atoms with Crippen LogP contribution >= 0.6 is 0 Å². The molecular formula is C15H20N2O4. The van der Waals surface area contributed by atoms with Crippen molar-refractivity contribution >= 4 is 5.82 Å². The maximum absolute atomic E-state index is 5.87. The summed E-state index contributed by atoms with van der Waals surface area (Å²) in [6.45, 7) is 2.07. The van der Waals surface area contributed by atoms with Crippen molar-refractivity contribution in [2.75, 3.05) is 27.1 Å². The summed E-state index contributed by atoms with van der Waals surface area (Å²) in [5, 5.41) is 3.86. The molecule has 0 saturated heterocycles. The van der Waals surface area contributed by atoms with Gasteiger partial charge in [-0.2, -0.15) is 0 Å². The second-order valence-corrected chi connectivity index (χ2v) is 4.54. The Morgan fingerprint density at radius 1 is 1.10 bits per heavy atom. The van der Waals surface area contributed by atoms with Gasteiger partial charge in [0.25, 0.3) is 0 Å². The van der Waals surface area contributed by atoms with Crippen LogP contribution in [-0.4, -0.2) is 26.5 Å². The second-order valence-electron chi connectivity index (χ2n) is 4.54. The predicted octanol–water partition coefficient (Wildman–Crippen LogP) is 2.90. The summed E-state index contributed by atoms with van der Waals surface area (Å²) in [4.78, 5) is 0. The minimum absolute atomic E-state index is 0.417. The molecule has 0 aliphatic carbocycles. The van der Waals surface area contributed by atoms with Gasteiger partial charge in [-0.1, -0.05) is 18.5 Å². The van der Waals surface area contributed by atoms with E-state index in [1.807, 2.05) is 12.1 Å². The smallest absolute Gasteiger partial charge is 0.203 e. The van der Waals surface area contributed by atoms with Crippen molar-refractivity contribution in [3.8, 4) is 28.6 Å². The van der Waals surface area contributed by atoms with E-state index in [0.717, 1.165) is 24.0 Å². The lowest BCUT2D eigenvalue weighted by Gasteiger charge is -2.13. The zero-order valence-electron chi connectivity index (χ0n) is 12.7. The molecule has 0 amide bonds. The van der Waals surface area contributed by atoms with E-state index < -0.39 is 0 Å². The van der Waals surface area contributed by atoms with Crippen LogP contribution in [-0.2, 0) is 6.42 Å². The lowest BCUT2D eigenvalue weighted by Crippen LogP contribution is -1.97. The minimum Gasteiger partial charge on any atom is -0.493 e. The first-order chi connectivity index (χ1) is 10.2. The Morgan fingerprint density at radius 2 is 1.71 bits per heavy atom. The Bertz CT molecular complexity index is 597. The summed E-state index contributed by atoms with van der Waals surface area (Å²) in [5.41, 5.74) is 7.55. The van der Waals surface area contributed by atoms with Crippen LogP contribution in [0.3, 0.4) is 0 Å². The van der Waals surface area contributed by atoms with Crippen LogP contribution in [0.25, 0.3) is 11.3 Å². The third-order valence-electron chi connectivity index (χ3n) is 3.25. The molecule has 0 bridgehead atoms. The summed E-state index contributed by atoms with van der Waals surface area (Å²) in [5.74, 6) is 2.70. The molecule has 0 radical (unpaired) electrons. The number of anilines is 1. The summed E-state index contributed by atoms with van der Waals surface area (Å²) >= 11 is 0. The molecule has 0 spiro atoms. The van der Waals surface area contributed by atoms with Gasteiger partial charge in [0.2, 0.25) is 5.75 Å². The Morgan fingerprint density at radius 3 is 2.19 bits per heavy atom. The standard InChI is InChI=1S/C15H20N2O4/c1-5-6-10-13(21-17-15(10)16)9-7-11(18-2)14(20-4)12(8-9)19-3/h7-8H,5-6H2,1-4H3,(H2,16,17). The van der Waals surface area contributed by atoms with Gasteiger partial charge in [0.15, 0.2) is 23.1 Å². The second kappa shape index (κ2) is 6.39. The average Bonchev–Trinajstić information content (AvgIpc) is 2.87. The Balaban J connectivity index is 2.59. The molecule has 2 N–H and O–H groups in total. The van der Waals surface area contributed by atoms with E-state index in [2.05, 4.69) is 12.1 Å². The quantitative estimate of drug-likeness (QED) is 0.881. The van der Waals surface area contributed by atoms with E-state index in [9.17, 15) is 0 Å². The predicted molar refractivity (Wildman–Crippen MR) is 80.0 cm³/mol. The van der Waals surface area contributed by atoms with Crippen molar-refractivity contribution in [1.82, 2.24) is 5.16 Å². The maximum atomic E-state index is 5.87. The highest BCUT2D eigenvalue weighted by molar-refractivity contribution is 5.72. The topological polar surface area (TPSA) is 79.7 Å². The number of hydrogen-bond donors (Lipinski definition) is 1. The van der Waals surface area contributed by atoms with Crippen molar-refractivity contribution in [1.29, 1.82) is 0 Å². The molecule has 1 aromatic carbocycles. The third-order valence-corrected chi connectivity index (χ3v) is 3.25. The molecular weight excluding hydrogens is 272 g/mol. The van der Waals surface area contributed by atoms with Crippen molar-refractivity contribution in [2.24, 2.45) is 0 Å². The van der Waals surface area contributed by atoms with E-state index >= 15 is 0 Å². The first-order valence-electron chi connectivity index (χ1n) is 6.70. The molecule has 2 aromatic rings. The van der Waals surface area contributed by atoms with Crippen LogP contribution in [0.1, 0.15) is 18.9 Å². The summed E-state index contributed by atoms with van der Waals surface area (Å²) in [7, 11) is 4.71. The monoisotopic (exact) mass is 292 g/mol. The van der Waals surface area contributed by atoms with Gasteiger partial charge in [-0.25, -0.2) is 0 Å². The number of nitrogens with two attached hydrogens (primary N) is 1. The van der Waals surface area contributed by atoms with Gasteiger partial charge in [-0.05, 0) is 18.6 Å². The van der Waals surface area contributed by atoms with Crippen LogP contribution < -0.4 is 19.9 Å². The minimum atomic E-state index is 0.417. The number of benzene rings is 1. The molecule has 0 aliphatic rings. The van der Waals surface area contributed by atoms with Crippen LogP contribution in [0.2, 0.25) is 0 Å². The summed E-state index contributed by atoms with van der Waals surface area (Å²) in [6.07, 6.45) is 1.74. The lowest BCUT2D eigenvalue weighted by atomic mass is 10.0. The molecule has 21 heavy (non-hydrogen) atoms. The van der Waals surface area contributed by atoms with Crippen LogP contribution in [0, 0.1) is 0 Å². The largest absolute Gasteiger partial charge is 0.493 e. The van der Waals surface area contributed by atoms with Gasteiger partial charge >= 0.3 is 0 Å².